The molecule has 6 nitrogen and oxygen atoms in total. The van der Waals surface area contributed by atoms with Crippen LogP contribution in [-0.4, -0.2) is 46.7 Å². The Morgan fingerprint density at radius 1 is 0.654 bits per heavy atom. The molecule has 0 radical (unpaired) electrons. The van der Waals surface area contributed by atoms with E-state index in [1.54, 1.807) is 48.5 Å². The first kappa shape index (κ1) is 19.1. The number of rotatable bonds is 9. The zero-order valence-corrected chi connectivity index (χ0v) is 14.2. The van der Waals surface area contributed by atoms with Crippen molar-refractivity contribution in [2.45, 2.75) is 12.8 Å². The molecule has 26 heavy (non-hydrogen) atoms. The average molecular weight is 352 g/mol. The van der Waals surface area contributed by atoms with Crippen molar-refractivity contribution in [2.75, 3.05) is 13.1 Å². The minimum atomic E-state index is -1.06. The average Bonchev–Trinajstić information content (AvgIpc) is 2.65. The molecule has 0 aromatic heterocycles. The maximum absolute atomic E-state index is 11.3. The van der Waals surface area contributed by atoms with Crippen LogP contribution >= 0.6 is 0 Å². The molecule has 0 aliphatic rings. The van der Waals surface area contributed by atoms with E-state index < -0.39 is 11.9 Å². The Morgan fingerprint density at radius 2 is 1.00 bits per heavy atom. The molecule has 0 heterocycles. The lowest BCUT2D eigenvalue weighted by Crippen LogP contribution is -2.15. The summed E-state index contributed by atoms with van der Waals surface area (Å²) < 4.78 is 0. The van der Waals surface area contributed by atoms with Gasteiger partial charge in [0.25, 0.3) is 0 Å². The molecule has 0 fully saturated rings. The van der Waals surface area contributed by atoms with Crippen molar-refractivity contribution in [3.05, 3.63) is 71.8 Å². The van der Waals surface area contributed by atoms with Gasteiger partial charge in [0, 0.05) is 24.2 Å². The standard InChI is InChI=1S/C20H20N2O4/c23-19(24)17(15-9-3-1-4-10-15)21-13-7-8-14-22-18(20(25)26)16-11-5-2-6-12-16/h1-6,9-12H,7-8,13-14H2,(H,23,24)(H,25,26). The molecule has 0 saturated heterocycles. The first-order valence-electron chi connectivity index (χ1n) is 8.26. The van der Waals surface area contributed by atoms with Gasteiger partial charge in [-0.15, -0.1) is 0 Å². The fourth-order valence-corrected chi connectivity index (χ4v) is 2.36. The van der Waals surface area contributed by atoms with Crippen LogP contribution in [0.3, 0.4) is 0 Å². The van der Waals surface area contributed by atoms with Crippen LogP contribution in [0.2, 0.25) is 0 Å². The summed E-state index contributed by atoms with van der Waals surface area (Å²) in [5, 5.41) is 18.5. The lowest BCUT2D eigenvalue weighted by Gasteiger charge is -2.03. The second-order valence-corrected chi connectivity index (χ2v) is 5.51. The summed E-state index contributed by atoms with van der Waals surface area (Å²) in [7, 11) is 0. The maximum atomic E-state index is 11.3. The zero-order chi connectivity index (χ0) is 18.8. The quantitative estimate of drug-likeness (QED) is 0.535. The summed E-state index contributed by atoms with van der Waals surface area (Å²) in [6, 6.07) is 17.5. The van der Waals surface area contributed by atoms with Gasteiger partial charge in [0.1, 0.15) is 11.4 Å². The number of aliphatic carboxylic acids is 2. The largest absolute Gasteiger partial charge is 0.477 e. The van der Waals surface area contributed by atoms with Crippen LogP contribution in [0.5, 0.6) is 0 Å². The highest BCUT2D eigenvalue weighted by Crippen LogP contribution is 2.05. The summed E-state index contributed by atoms with van der Waals surface area (Å²) in [5.74, 6) is -2.13. The zero-order valence-electron chi connectivity index (χ0n) is 14.2. The van der Waals surface area contributed by atoms with Gasteiger partial charge in [0.05, 0.1) is 0 Å². The van der Waals surface area contributed by atoms with Gasteiger partial charge in [-0.2, -0.15) is 0 Å². The molecular weight excluding hydrogens is 332 g/mol. The second kappa shape index (κ2) is 9.88. The van der Waals surface area contributed by atoms with Crippen LogP contribution in [-0.2, 0) is 9.59 Å². The van der Waals surface area contributed by atoms with Gasteiger partial charge in [-0.1, -0.05) is 60.7 Å². The third kappa shape index (κ3) is 5.66. The number of carboxylic acids is 2. The molecular formula is C20H20N2O4. The highest BCUT2D eigenvalue weighted by atomic mass is 16.4. The number of aliphatic imine (C=N–C) groups is 2. The molecule has 2 aromatic carbocycles. The monoisotopic (exact) mass is 352 g/mol. The van der Waals surface area contributed by atoms with Crippen LogP contribution in [0.25, 0.3) is 0 Å². The Kier molecular flexibility index (Phi) is 7.24. The molecule has 0 spiro atoms. The predicted molar refractivity (Wildman–Crippen MR) is 100 cm³/mol. The Labute approximate surface area is 151 Å². The molecule has 0 aliphatic carbocycles. The third-order valence-corrected chi connectivity index (χ3v) is 3.61. The first-order chi connectivity index (χ1) is 12.6. The van der Waals surface area contributed by atoms with Crippen LogP contribution in [0.1, 0.15) is 24.0 Å². The molecule has 0 unspecified atom stereocenters. The lowest BCUT2D eigenvalue weighted by molar-refractivity contribution is -0.130. The van der Waals surface area contributed by atoms with Gasteiger partial charge in [-0.05, 0) is 12.8 Å². The molecule has 6 heteroatoms. The van der Waals surface area contributed by atoms with Crippen molar-refractivity contribution < 1.29 is 19.8 Å². The van der Waals surface area contributed by atoms with Crippen LogP contribution in [0.4, 0.5) is 0 Å². The van der Waals surface area contributed by atoms with Gasteiger partial charge in [-0.3, -0.25) is 9.98 Å². The van der Waals surface area contributed by atoms with E-state index in [0.717, 1.165) is 0 Å². The van der Waals surface area contributed by atoms with Crippen LogP contribution in [0, 0.1) is 0 Å². The van der Waals surface area contributed by atoms with Gasteiger partial charge in [0.15, 0.2) is 0 Å². The van der Waals surface area contributed by atoms with E-state index in [2.05, 4.69) is 9.98 Å². The smallest absolute Gasteiger partial charge is 0.354 e. The van der Waals surface area contributed by atoms with Gasteiger partial charge < -0.3 is 10.2 Å². The van der Waals surface area contributed by atoms with Gasteiger partial charge >= 0.3 is 11.9 Å². The molecule has 0 bridgehead atoms. The van der Waals surface area contributed by atoms with E-state index in [0.29, 0.717) is 37.1 Å². The Hall–Kier alpha value is -3.28. The molecule has 0 aliphatic heterocycles. The summed E-state index contributed by atoms with van der Waals surface area (Å²) in [6.45, 7) is 0.694. The number of carbonyl (C=O) groups is 2. The van der Waals surface area contributed by atoms with Crippen molar-refractivity contribution in [3.63, 3.8) is 0 Å². The number of hydrogen-bond acceptors (Lipinski definition) is 4. The van der Waals surface area contributed by atoms with Crippen LogP contribution < -0.4 is 0 Å². The predicted octanol–water partition coefficient (Wildman–Crippen LogP) is 2.91. The third-order valence-electron chi connectivity index (χ3n) is 3.61. The molecule has 134 valence electrons. The normalized spacial score (nSPS) is 12.0. The van der Waals surface area contributed by atoms with E-state index in [9.17, 15) is 19.8 Å². The molecule has 0 atom stereocenters. The highest BCUT2D eigenvalue weighted by molar-refractivity contribution is 6.43. The summed E-state index contributed by atoms with van der Waals surface area (Å²) in [4.78, 5) is 31.0. The van der Waals surface area contributed by atoms with E-state index in [4.69, 9.17) is 0 Å². The summed E-state index contributed by atoms with van der Waals surface area (Å²) in [6.07, 6.45) is 1.24. The molecule has 2 rings (SSSR count). The fourth-order valence-electron chi connectivity index (χ4n) is 2.36. The van der Waals surface area contributed by atoms with Gasteiger partial charge in [-0.25, -0.2) is 9.59 Å². The second-order valence-electron chi connectivity index (χ2n) is 5.51. The molecule has 2 aromatic rings. The summed E-state index contributed by atoms with van der Waals surface area (Å²) >= 11 is 0. The van der Waals surface area contributed by atoms with E-state index in [1.807, 2.05) is 12.1 Å². The van der Waals surface area contributed by atoms with Crippen molar-refractivity contribution in [2.24, 2.45) is 9.98 Å². The van der Waals surface area contributed by atoms with Crippen molar-refractivity contribution in [3.8, 4) is 0 Å². The minimum Gasteiger partial charge on any atom is -0.477 e. The van der Waals surface area contributed by atoms with Crippen molar-refractivity contribution in [1.82, 2.24) is 0 Å². The number of unbranched alkanes of at least 4 members (excludes halogenated alkanes) is 1. The Balaban J connectivity index is 1.91. The first-order valence-corrected chi connectivity index (χ1v) is 8.26. The number of hydrogen-bond donors (Lipinski definition) is 2. The number of nitrogens with zero attached hydrogens (tertiary/aromatic N) is 2. The van der Waals surface area contributed by atoms with Gasteiger partial charge in [0.2, 0.25) is 0 Å². The number of benzene rings is 2. The summed E-state index contributed by atoms with van der Waals surface area (Å²) in [5.41, 5.74) is 1.19. The molecule has 0 saturated carbocycles. The Bertz CT molecular complexity index is 730. The lowest BCUT2D eigenvalue weighted by atomic mass is 10.1. The highest BCUT2D eigenvalue weighted by Gasteiger charge is 2.12. The van der Waals surface area contributed by atoms with Crippen molar-refractivity contribution in [1.29, 1.82) is 0 Å². The topological polar surface area (TPSA) is 99.3 Å². The Morgan fingerprint density at radius 3 is 1.31 bits per heavy atom. The maximum Gasteiger partial charge on any atom is 0.354 e. The van der Waals surface area contributed by atoms with E-state index in [1.165, 1.54) is 0 Å². The SMILES string of the molecule is O=C(O)C(=NCCCCN=C(C(=O)O)c1ccccc1)c1ccccc1. The minimum absolute atomic E-state index is 0.0320. The van der Waals surface area contributed by atoms with Crippen LogP contribution in [0.15, 0.2) is 70.6 Å². The van der Waals surface area contributed by atoms with Crippen molar-refractivity contribution >= 4 is 23.4 Å². The van der Waals surface area contributed by atoms with E-state index in [-0.39, 0.29) is 11.4 Å². The van der Waals surface area contributed by atoms with E-state index >= 15 is 0 Å². The number of carboxylic acid groups (broad SMARTS) is 2. The fraction of sp³-hybridized carbons (Fsp3) is 0.200. The molecule has 0 amide bonds. The molecule has 2 N–H and O–H groups in total.